The Bertz CT molecular complexity index is 402. The fourth-order valence-electron chi connectivity index (χ4n) is 1.72. The summed E-state index contributed by atoms with van der Waals surface area (Å²) in [5.41, 5.74) is 8.20. The van der Waals surface area contributed by atoms with Crippen molar-refractivity contribution in [2.45, 2.75) is 13.8 Å². The number of carbonyl (C=O) groups excluding carboxylic acids is 1. The molecule has 0 atom stereocenters. The molecule has 88 valence electrons. The predicted octanol–water partition coefficient (Wildman–Crippen LogP) is 1.23. The van der Waals surface area contributed by atoms with E-state index in [-0.39, 0.29) is 12.5 Å². The van der Waals surface area contributed by atoms with Gasteiger partial charge in [-0.1, -0.05) is 6.07 Å². The number of carbonyl (C=O) groups is 1. The highest BCUT2D eigenvalue weighted by molar-refractivity contribution is 5.95. The molecule has 0 fully saturated rings. The van der Waals surface area contributed by atoms with Gasteiger partial charge < -0.3 is 15.4 Å². The van der Waals surface area contributed by atoms with E-state index in [1.807, 2.05) is 26.0 Å². The summed E-state index contributed by atoms with van der Waals surface area (Å²) >= 11 is 0. The molecule has 0 saturated carbocycles. The number of nitrogens with zero attached hydrogens (tertiary/aromatic N) is 1. The van der Waals surface area contributed by atoms with Crippen molar-refractivity contribution >= 4 is 11.6 Å². The van der Waals surface area contributed by atoms with Crippen molar-refractivity contribution in [3.05, 3.63) is 23.3 Å². The zero-order valence-electron chi connectivity index (χ0n) is 10.2. The Morgan fingerprint density at radius 3 is 2.56 bits per heavy atom. The summed E-state index contributed by atoms with van der Waals surface area (Å²) in [6.07, 6.45) is 0. The summed E-state index contributed by atoms with van der Waals surface area (Å²) in [5.74, 6) is 0.582. The van der Waals surface area contributed by atoms with Gasteiger partial charge in [-0.3, -0.25) is 4.79 Å². The molecule has 0 spiro atoms. The summed E-state index contributed by atoms with van der Waals surface area (Å²) in [6.45, 7) is 3.93. The smallest absolute Gasteiger partial charge is 0.240 e. The maximum Gasteiger partial charge on any atom is 0.240 e. The number of benzene rings is 1. The number of nitrogens with two attached hydrogens (primary N) is 1. The molecule has 1 aromatic carbocycles. The van der Waals surface area contributed by atoms with E-state index in [0.717, 1.165) is 22.6 Å². The lowest BCUT2D eigenvalue weighted by Crippen LogP contribution is -2.32. The van der Waals surface area contributed by atoms with Crippen molar-refractivity contribution in [3.8, 4) is 5.75 Å². The SMILES string of the molecule is COc1c(C)cc(C)cc1N(C)C(=O)CN. The molecular weight excluding hydrogens is 204 g/mol. The van der Waals surface area contributed by atoms with Crippen LogP contribution in [-0.2, 0) is 4.79 Å². The normalized spacial score (nSPS) is 10.1. The molecule has 2 N–H and O–H groups in total. The molecule has 0 bridgehead atoms. The zero-order chi connectivity index (χ0) is 12.3. The number of anilines is 1. The average molecular weight is 222 g/mol. The van der Waals surface area contributed by atoms with Gasteiger partial charge in [0, 0.05) is 7.05 Å². The maximum absolute atomic E-state index is 11.5. The zero-order valence-corrected chi connectivity index (χ0v) is 10.2. The molecule has 1 aromatic rings. The number of hydrogen-bond donors (Lipinski definition) is 1. The van der Waals surface area contributed by atoms with Gasteiger partial charge >= 0.3 is 0 Å². The third-order valence-electron chi connectivity index (χ3n) is 2.51. The number of rotatable bonds is 3. The number of aryl methyl sites for hydroxylation is 2. The van der Waals surface area contributed by atoms with E-state index in [9.17, 15) is 4.79 Å². The van der Waals surface area contributed by atoms with E-state index in [1.54, 1.807) is 14.2 Å². The molecule has 4 nitrogen and oxygen atoms in total. The van der Waals surface area contributed by atoms with Gasteiger partial charge in [-0.05, 0) is 31.0 Å². The minimum absolute atomic E-state index is 0.00730. The van der Waals surface area contributed by atoms with Crippen molar-refractivity contribution in [1.82, 2.24) is 0 Å². The van der Waals surface area contributed by atoms with Gasteiger partial charge in [-0.25, -0.2) is 0 Å². The summed E-state index contributed by atoms with van der Waals surface area (Å²) < 4.78 is 5.31. The van der Waals surface area contributed by atoms with E-state index >= 15 is 0 Å². The molecule has 0 aromatic heterocycles. The summed E-state index contributed by atoms with van der Waals surface area (Å²) in [6, 6.07) is 3.93. The van der Waals surface area contributed by atoms with Crippen LogP contribution in [0.4, 0.5) is 5.69 Å². The second-order valence-corrected chi connectivity index (χ2v) is 3.79. The average Bonchev–Trinajstić information content (AvgIpc) is 2.26. The molecule has 16 heavy (non-hydrogen) atoms. The van der Waals surface area contributed by atoms with Gasteiger partial charge in [0.15, 0.2) is 0 Å². The highest BCUT2D eigenvalue weighted by Crippen LogP contribution is 2.32. The minimum Gasteiger partial charge on any atom is -0.494 e. The van der Waals surface area contributed by atoms with Crippen LogP contribution in [-0.4, -0.2) is 26.6 Å². The molecule has 0 heterocycles. The summed E-state index contributed by atoms with van der Waals surface area (Å²) in [7, 11) is 3.30. The Morgan fingerprint density at radius 2 is 2.06 bits per heavy atom. The van der Waals surface area contributed by atoms with Crippen LogP contribution in [0.5, 0.6) is 5.75 Å². The van der Waals surface area contributed by atoms with Crippen LogP contribution in [0, 0.1) is 13.8 Å². The van der Waals surface area contributed by atoms with Crippen LogP contribution >= 0.6 is 0 Å². The third-order valence-corrected chi connectivity index (χ3v) is 2.51. The molecule has 1 rings (SSSR count). The topological polar surface area (TPSA) is 55.6 Å². The quantitative estimate of drug-likeness (QED) is 0.837. The van der Waals surface area contributed by atoms with E-state index in [1.165, 1.54) is 4.90 Å². The second-order valence-electron chi connectivity index (χ2n) is 3.79. The Kier molecular flexibility index (Phi) is 3.90. The Labute approximate surface area is 96.0 Å². The van der Waals surface area contributed by atoms with E-state index in [2.05, 4.69) is 0 Å². The van der Waals surface area contributed by atoms with Crippen LogP contribution in [0.3, 0.4) is 0 Å². The van der Waals surface area contributed by atoms with Crippen molar-refractivity contribution in [3.63, 3.8) is 0 Å². The summed E-state index contributed by atoms with van der Waals surface area (Å²) in [4.78, 5) is 13.1. The van der Waals surface area contributed by atoms with Gasteiger partial charge in [-0.15, -0.1) is 0 Å². The Hall–Kier alpha value is -1.55. The molecule has 1 amide bonds. The first kappa shape index (κ1) is 12.5. The molecule has 0 aliphatic heterocycles. The van der Waals surface area contributed by atoms with Crippen LogP contribution in [0.1, 0.15) is 11.1 Å². The fourth-order valence-corrected chi connectivity index (χ4v) is 1.72. The molecule has 0 aliphatic carbocycles. The highest BCUT2D eigenvalue weighted by atomic mass is 16.5. The van der Waals surface area contributed by atoms with Gasteiger partial charge in [0.05, 0.1) is 19.3 Å². The monoisotopic (exact) mass is 222 g/mol. The number of ether oxygens (including phenoxy) is 1. The van der Waals surface area contributed by atoms with Crippen molar-refractivity contribution in [2.24, 2.45) is 5.73 Å². The number of amides is 1. The lowest BCUT2D eigenvalue weighted by molar-refractivity contribution is -0.117. The van der Waals surface area contributed by atoms with Gasteiger partial charge in [0.2, 0.25) is 5.91 Å². The lowest BCUT2D eigenvalue weighted by Gasteiger charge is -2.21. The summed E-state index contributed by atoms with van der Waals surface area (Å²) in [5, 5.41) is 0. The predicted molar refractivity (Wildman–Crippen MR) is 64.9 cm³/mol. The van der Waals surface area contributed by atoms with Gasteiger partial charge in [0.1, 0.15) is 5.75 Å². The minimum atomic E-state index is -0.136. The molecular formula is C12H18N2O2. The number of likely N-dealkylation sites (N-methyl/N-ethyl adjacent to an activating group) is 1. The molecule has 0 saturated heterocycles. The highest BCUT2D eigenvalue weighted by Gasteiger charge is 2.15. The van der Waals surface area contributed by atoms with Crippen LogP contribution in [0.2, 0.25) is 0 Å². The molecule has 4 heteroatoms. The first-order valence-corrected chi connectivity index (χ1v) is 5.13. The lowest BCUT2D eigenvalue weighted by atomic mass is 10.1. The van der Waals surface area contributed by atoms with Crippen molar-refractivity contribution in [2.75, 3.05) is 25.6 Å². The van der Waals surface area contributed by atoms with E-state index in [4.69, 9.17) is 10.5 Å². The van der Waals surface area contributed by atoms with Crippen LogP contribution < -0.4 is 15.4 Å². The van der Waals surface area contributed by atoms with Crippen molar-refractivity contribution < 1.29 is 9.53 Å². The van der Waals surface area contributed by atoms with E-state index in [0.29, 0.717) is 0 Å². The third kappa shape index (κ3) is 2.33. The van der Waals surface area contributed by atoms with Gasteiger partial charge in [-0.2, -0.15) is 0 Å². The van der Waals surface area contributed by atoms with Crippen LogP contribution in [0.25, 0.3) is 0 Å². The van der Waals surface area contributed by atoms with Gasteiger partial charge in [0.25, 0.3) is 0 Å². The first-order chi connectivity index (χ1) is 7.51. The largest absolute Gasteiger partial charge is 0.494 e. The standard InChI is InChI=1S/C12H18N2O2/c1-8-5-9(2)12(16-4)10(6-8)14(3)11(15)7-13/h5-6H,7,13H2,1-4H3. The maximum atomic E-state index is 11.5. The number of hydrogen-bond acceptors (Lipinski definition) is 3. The number of methoxy groups -OCH3 is 1. The second kappa shape index (κ2) is 4.99. The Balaban J connectivity index is 3.25. The van der Waals surface area contributed by atoms with Crippen LogP contribution in [0.15, 0.2) is 12.1 Å². The fraction of sp³-hybridized carbons (Fsp3) is 0.417. The first-order valence-electron chi connectivity index (χ1n) is 5.13. The Morgan fingerprint density at radius 1 is 1.44 bits per heavy atom. The molecule has 0 radical (unpaired) electrons. The molecule has 0 unspecified atom stereocenters. The van der Waals surface area contributed by atoms with E-state index < -0.39 is 0 Å². The molecule has 0 aliphatic rings. The van der Waals surface area contributed by atoms with Crippen molar-refractivity contribution in [1.29, 1.82) is 0 Å².